The van der Waals surface area contributed by atoms with Crippen molar-refractivity contribution in [2.24, 2.45) is 5.73 Å². The lowest BCUT2D eigenvalue weighted by Crippen LogP contribution is -2.42. The first-order valence-electron chi connectivity index (χ1n) is 9.46. The summed E-state index contributed by atoms with van der Waals surface area (Å²) in [5, 5.41) is 14.0. The van der Waals surface area contributed by atoms with Crippen molar-refractivity contribution < 1.29 is 14.5 Å². The molecule has 3 N–H and O–H groups in total. The van der Waals surface area contributed by atoms with Crippen LogP contribution in [-0.4, -0.2) is 45.8 Å². The number of carbonyl (C=O) groups excluding carboxylic acids is 2. The molecule has 0 radical (unpaired) electrons. The number of nitrogens with zero attached hydrogens (tertiary/aromatic N) is 3. The number of amides is 2. The summed E-state index contributed by atoms with van der Waals surface area (Å²) in [5.41, 5.74) is 6.17. The number of rotatable bonds is 7. The first-order valence-corrected chi connectivity index (χ1v) is 9.46. The number of aromatic nitrogens is 1. The van der Waals surface area contributed by atoms with Gasteiger partial charge in [0.2, 0.25) is 5.91 Å². The Kier molecular flexibility index (Phi) is 6.38. The van der Waals surface area contributed by atoms with Crippen molar-refractivity contribution >= 4 is 23.3 Å². The average molecular weight is 397 g/mol. The Morgan fingerprint density at radius 2 is 1.93 bits per heavy atom. The van der Waals surface area contributed by atoms with Crippen LogP contribution in [-0.2, 0) is 11.2 Å². The predicted molar refractivity (Wildman–Crippen MR) is 107 cm³/mol. The van der Waals surface area contributed by atoms with E-state index in [-0.39, 0.29) is 29.0 Å². The number of benzene rings is 1. The summed E-state index contributed by atoms with van der Waals surface area (Å²) >= 11 is 0. The number of aryl methyl sites for hydroxylation is 1. The van der Waals surface area contributed by atoms with Crippen molar-refractivity contribution in [3.63, 3.8) is 0 Å². The number of anilines is 1. The highest BCUT2D eigenvalue weighted by Crippen LogP contribution is 2.22. The van der Waals surface area contributed by atoms with Crippen LogP contribution in [0, 0.1) is 10.1 Å². The van der Waals surface area contributed by atoms with Crippen LogP contribution in [0.4, 0.5) is 11.5 Å². The van der Waals surface area contributed by atoms with E-state index in [4.69, 9.17) is 5.73 Å². The minimum absolute atomic E-state index is 0.000212. The van der Waals surface area contributed by atoms with Crippen LogP contribution in [0.5, 0.6) is 0 Å². The molecular formula is C20H23N5O4. The molecule has 29 heavy (non-hydrogen) atoms. The normalized spacial score (nSPS) is 14.4. The average Bonchev–Trinajstić information content (AvgIpc) is 2.73. The molecule has 1 aliphatic heterocycles. The molecule has 0 atom stereocenters. The van der Waals surface area contributed by atoms with E-state index in [0.717, 1.165) is 17.8 Å². The number of hydrogen-bond acceptors (Lipinski definition) is 6. The number of piperidine rings is 1. The summed E-state index contributed by atoms with van der Waals surface area (Å²) < 4.78 is 0. The number of pyridine rings is 1. The molecule has 9 heteroatoms. The maximum atomic E-state index is 12.4. The van der Waals surface area contributed by atoms with Crippen LogP contribution in [0.25, 0.3) is 0 Å². The largest absolute Gasteiger partial charge is 0.367 e. The Labute approximate surface area is 168 Å². The van der Waals surface area contributed by atoms with Crippen molar-refractivity contribution in [2.75, 3.05) is 18.4 Å². The van der Waals surface area contributed by atoms with E-state index in [1.807, 2.05) is 35.2 Å². The van der Waals surface area contributed by atoms with Gasteiger partial charge >= 0.3 is 0 Å². The lowest BCUT2D eigenvalue weighted by atomic mass is 10.0. The maximum Gasteiger partial charge on any atom is 0.288 e. The third kappa shape index (κ3) is 5.28. The Balaban J connectivity index is 1.54. The molecule has 0 saturated carbocycles. The summed E-state index contributed by atoms with van der Waals surface area (Å²) in [5.74, 6) is -0.423. The second-order valence-electron chi connectivity index (χ2n) is 7.00. The van der Waals surface area contributed by atoms with E-state index >= 15 is 0 Å². The van der Waals surface area contributed by atoms with Gasteiger partial charge in [-0.1, -0.05) is 30.3 Å². The zero-order valence-electron chi connectivity index (χ0n) is 15.9. The van der Waals surface area contributed by atoms with Crippen LogP contribution in [0.3, 0.4) is 0 Å². The second-order valence-corrected chi connectivity index (χ2v) is 7.00. The number of nitro groups is 1. The number of nitrogens with one attached hydrogen (secondary N) is 1. The molecule has 9 nitrogen and oxygen atoms in total. The first-order chi connectivity index (χ1) is 13.9. The van der Waals surface area contributed by atoms with E-state index in [0.29, 0.717) is 38.8 Å². The number of primary amides is 1. The minimum Gasteiger partial charge on any atom is -0.367 e. The predicted octanol–water partition coefficient (Wildman–Crippen LogP) is 2.12. The van der Waals surface area contributed by atoms with Gasteiger partial charge in [-0.2, -0.15) is 0 Å². The third-order valence-electron chi connectivity index (χ3n) is 5.01. The zero-order valence-corrected chi connectivity index (χ0v) is 15.9. The molecule has 1 aliphatic rings. The van der Waals surface area contributed by atoms with Gasteiger partial charge in [0.1, 0.15) is 12.0 Å². The molecule has 2 heterocycles. The lowest BCUT2D eigenvalue weighted by molar-refractivity contribution is -0.385. The molecule has 2 aromatic rings. The van der Waals surface area contributed by atoms with Gasteiger partial charge in [0.05, 0.1) is 10.5 Å². The van der Waals surface area contributed by atoms with Gasteiger partial charge in [-0.05, 0) is 24.8 Å². The van der Waals surface area contributed by atoms with Gasteiger partial charge in [-0.3, -0.25) is 19.7 Å². The number of nitrogens with two attached hydrogens (primary N) is 1. The fourth-order valence-corrected chi connectivity index (χ4v) is 3.38. The fourth-order valence-electron chi connectivity index (χ4n) is 3.38. The van der Waals surface area contributed by atoms with E-state index in [1.165, 1.54) is 0 Å². The molecule has 0 aliphatic carbocycles. The Bertz CT molecular complexity index is 895. The topological polar surface area (TPSA) is 131 Å². The van der Waals surface area contributed by atoms with Crippen molar-refractivity contribution in [3.05, 3.63) is 63.8 Å². The number of likely N-dealkylation sites (tertiary alicyclic amines) is 1. The SMILES string of the molecule is NC(=O)c1cc([N+](=O)[O-])cnc1NC1CCN(C(=O)CCc2ccccc2)CC1. The van der Waals surface area contributed by atoms with Crippen LogP contribution < -0.4 is 11.1 Å². The summed E-state index contributed by atoms with van der Waals surface area (Å²) in [4.78, 5) is 40.2. The molecule has 1 aromatic carbocycles. The molecule has 0 unspecified atom stereocenters. The van der Waals surface area contributed by atoms with E-state index < -0.39 is 10.8 Å². The zero-order chi connectivity index (χ0) is 20.8. The van der Waals surface area contributed by atoms with Crippen LogP contribution >= 0.6 is 0 Å². The quantitative estimate of drug-likeness (QED) is 0.543. The molecule has 152 valence electrons. The molecule has 2 amide bonds. The molecule has 3 rings (SSSR count). The van der Waals surface area contributed by atoms with Crippen molar-refractivity contribution in [1.82, 2.24) is 9.88 Å². The van der Waals surface area contributed by atoms with Crippen LogP contribution in [0.1, 0.15) is 35.2 Å². The van der Waals surface area contributed by atoms with Gasteiger partial charge < -0.3 is 16.0 Å². The van der Waals surface area contributed by atoms with Crippen molar-refractivity contribution in [3.8, 4) is 0 Å². The first kappa shape index (κ1) is 20.2. The van der Waals surface area contributed by atoms with Crippen molar-refractivity contribution in [2.45, 2.75) is 31.7 Å². The molecule has 0 bridgehead atoms. The van der Waals surface area contributed by atoms with Gasteiger partial charge in [0.15, 0.2) is 0 Å². The van der Waals surface area contributed by atoms with E-state index in [1.54, 1.807) is 0 Å². The fraction of sp³-hybridized carbons (Fsp3) is 0.350. The van der Waals surface area contributed by atoms with Crippen LogP contribution in [0.15, 0.2) is 42.6 Å². The standard InChI is InChI=1S/C20H23N5O4/c21-19(27)17-12-16(25(28)29)13-22-20(17)23-15-8-10-24(11-9-15)18(26)7-6-14-4-2-1-3-5-14/h1-5,12-13,15H,6-11H2,(H2,21,27)(H,22,23). The lowest BCUT2D eigenvalue weighted by Gasteiger charge is -2.33. The van der Waals surface area contributed by atoms with Gasteiger partial charge in [-0.15, -0.1) is 0 Å². The Morgan fingerprint density at radius 3 is 2.55 bits per heavy atom. The second kappa shape index (κ2) is 9.13. The highest BCUT2D eigenvalue weighted by Gasteiger charge is 2.24. The summed E-state index contributed by atoms with van der Waals surface area (Å²) in [6.07, 6.45) is 3.66. The maximum absolute atomic E-state index is 12.4. The van der Waals surface area contributed by atoms with Gasteiger partial charge in [0.25, 0.3) is 11.6 Å². The van der Waals surface area contributed by atoms with Gasteiger partial charge in [0, 0.05) is 31.6 Å². The molecule has 1 aromatic heterocycles. The number of hydrogen-bond donors (Lipinski definition) is 2. The Hall–Kier alpha value is -3.49. The van der Waals surface area contributed by atoms with E-state index in [2.05, 4.69) is 10.3 Å². The molecule has 1 saturated heterocycles. The summed E-state index contributed by atoms with van der Waals surface area (Å²) in [6, 6.07) is 11.0. The van der Waals surface area contributed by atoms with Gasteiger partial charge in [-0.25, -0.2) is 4.98 Å². The molecular weight excluding hydrogens is 374 g/mol. The number of carbonyl (C=O) groups is 2. The molecule has 0 spiro atoms. The molecule has 1 fully saturated rings. The smallest absolute Gasteiger partial charge is 0.288 e. The monoisotopic (exact) mass is 397 g/mol. The third-order valence-corrected chi connectivity index (χ3v) is 5.01. The minimum atomic E-state index is -0.780. The highest BCUT2D eigenvalue weighted by atomic mass is 16.6. The summed E-state index contributed by atoms with van der Waals surface area (Å²) in [7, 11) is 0. The van der Waals surface area contributed by atoms with Crippen molar-refractivity contribution in [1.29, 1.82) is 0 Å². The summed E-state index contributed by atoms with van der Waals surface area (Å²) in [6.45, 7) is 1.20. The Morgan fingerprint density at radius 1 is 1.24 bits per heavy atom. The van der Waals surface area contributed by atoms with E-state index in [9.17, 15) is 19.7 Å². The highest BCUT2D eigenvalue weighted by molar-refractivity contribution is 5.98. The van der Waals surface area contributed by atoms with Crippen LogP contribution in [0.2, 0.25) is 0 Å².